The molecule has 0 radical (unpaired) electrons. The van der Waals surface area contributed by atoms with Crippen LogP contribution in [0.15, 0.2) is 41.3 Å². The van der Waals surface area contributed by atoms with E-state index in [-0.39, 0.29) is 22.2 Å². The molecule has 0 saturated heterocycles. The first-order valence-electron chi connectivity index (χ1n) is 6.26. The van der Waals surface area contributed by atoms with E-state index >= 15 is 0 Å². The second kappa shape index (κ2) is 5.26. The minimum atomic E-state index is -3.89. The molecular formula is C14H10ClFN2O3S. The van der Waals surface area contributed by atoms with Gasteiger partial charge in [0.15, 0.2) is 0 Å². The van der Waals surface area contributed by atoms with Crippen LogP contribution in [0.25, 0.3) is 0 Å². The Labute approximate surface area is 131 Å². The zero-order chi connectivity index (χ0) is 15.9. The lowest BCUT2D eigenvalue weighted by molar-refractivity contribution is -0.115. The van der Waals surface area contributed by atoms with Crippen LogP contribution in [0.3, 0.4) is 0 Å². The van der Waals surface area contributed by atoms with E-state index in [1.165, 1.54) is 6.07 Å². The minimum Gasteiger partial charge on any atom is -0.326 e. The number of fused-ring (bicyclic) bond motifs is 1. The van der Waals surface area contributed by atoms with Crippen LogP contribution in [0.2, 0.25) is 5.02 Å². The lowest BCUT2D eigenvalue weighted by Gasteiger charge is -2.10. The Balaban J connectivity index is 1.90. The smallest absolute Gasteiger partial charge is 0.261 e. The lowest BCUT2D eigenvalue weighted by Crippen LogP contribution is -2.13. The highest BCUT2D eigenvalue weighted by Gasteiger charge is 2.20. The summed E-state index contributed by atoms with van der Waals surface area (Å²) in [7, 11) is -3.89. The molecule has 1 heterocycles. The molecule has 5 nitrogen and oxygen atoms in total. The molecule has 0 fully saturated rings. The fourth-order valence-electron chi connectivity index (χ4n) is 2.15. The Morgan fingerprint density at radius 3 is 2.68 bits per heavy atom. The summed E-state index contributed by atoms with van der Waals surface area (Å²) in [6.07, 6.45) is 0.202. The van der Waals surface area contributed by atoms with Crippen molar-refractivity contribution < 1.29 is 17.6 Å². The highest BCUT2D eigenvalue weighted by molar-refractivity contribution is 7.92. The number of rotatable bonds is 3. The van der Waals surface area contributed by atoms with Crippen molar-refractivity contribution in [3.8, 4) is 0 Å². The molecule has 2 N–H and O–H groups in total. The lowest BCUT2D eigenvalue weighted by atomic mass is 10.1. The quantitative estimate of drug-likeness (QED) is 0.902. The maximum absolute atomic E-state index is 13.1. The van der Waals surface area contributed by atoms with Crippen LogP contribution >= 0.6 is 11.6 Å². The van der Waals surface area contributed by atoms with E-state index in [9.17, 15) is 17.6 Å². The summed E-state index contributed by atoms with van der Waals surface area (Å²) in [4.78, 5) is 11.1. The van der Waals surface area contributed by atoms with Gasteiger partial charge in [-0.05, 0) is 42.0 Å². The molecule has 2 aromatic carbocycles. The van der Waals surface area contributed by atoms with Gasteiger partial charge >= 0.3 is 0 Å². The molecule has 8 heteroatoms. The Hall–Kier alpha value is -2.12. The molecule has 0 aromatic heterocycles. The molecule has 0 aliphatic carbocycles. The molecular weight excluding hydrogens is 331 g/mol. The average molecular weight is 341 g/mol. The first kappa shape index (κ1) is 14.8. The van der Waals surface area contributed by atoms with E-state index in [0.29, 0.717) is 16.9 Å². The Morgan fingerprint density at radius 2 is 1.95 bits per heavy atom. The number of hydrogen-bond acceptors (Lipinski definition) is 3. The molecule has 0 spiro atoms. The van der Waals surface area contributed by atoms with Crippen molar-refractivity contribution in [1.29, 1.82) is 0 Å². The Bertz CT molecular complexity index is 884. The third kappa shape index (κ3) is 2.77. The first-order chi connectivity index (χ1) is 10.3. The third-order valence-corrected chi connectivity index (χ3v) is 4.85. The van der Waals surface area contributed by atoms with Crippen molar-refractivity contribution in [3.63, 3.8) is 0 Å². The highest BCUT2D eigenvalue weighted by Crippen LogP contribution is 2.28. The van der Waals surface area contributed by atoms with E-state index < -0.39 is 15.8 Å². The van der Waals surface area contributed by atoms with Crippen LogP contribution in [0.1, 0.15) is 5.56 Å². The standard InChI is InChI=1S/C14H10ClFN2O3S/c15-11-7-10(2-3-12(11)16)22(20,21)18-9-1-4-13-8(5-9)6-14(19)17-13/h1-5,7,18H,6H2,(H,17,19). The van der Waals surface area contributed by atoms with Crippen LogP contribution < -0.4 is 10.0 Å². The summed E-state index contributed by atoms with van der Waals surface area (Å²) in [5, 5.41) is 2.39. The number of benzene rings is 2. The van der Waals surface area contributed by atoms with Crippen LogP contribution in [-0.4, -0.2) is 14.3 Å². The van der Waals surface area contributed by atoms with Crippen molar-refractivity contribution >= 4 is 38.9 Å². The molecule has 114 valence electrons. The van der Waals surface area contributed by atoms with Gasteiger partial charge in [-0.1, -0.05) is 11.6 Å². The molecule has 22 heavy (non-hydrogen) atoms. The summed E-state index contributed by atoms with van der Waals surface area (Å²) >= 11 is 5.60. The van der Waals surface area contributed by atoms with Gasteiger partial charge in [-0.3, -0.25) is 9.52 Å². The summed E-state index contributed by atoms with van der Waals surface area (Å²) in [6, 6.07) is 7.89. The summed E-state index contributed by atoms with van der Waals surface area (Å²) in [5.74, 6) is -0.831. The maximum atomic E-state index is 13.1. The van der Waals surface area contributed by atoms with E-state index in [1.54, 1.807) is 12.1 Å². The molecule has 1 aliphatic rings. The first-order valence-corrected chi connectivity index (χ1v) is 8.12. The number of carbonyl (C=O) groups is 1. The molecule has 0 bridgehead atoms. The number of carbonyl (C=O) groups excluding carboxylic acids is 1. The molecule has 3 rings (SSSR count). The molecule has 2 aromatic rings. The van der Waals surface area contributed by atoms with Crippen molar-refractivity contribution in [1.82, 2.24) is 0 Å². The van der Waals surface area contributed by atoms with Crippen LogP contribution in [0.5, 0.6) is 0 Å². The molecule has 0 unspecified atom stereocenters. The van der Waals surface area contributed by atoms with Crippen LogP contribution in [0, 0.1) is 5.82 Å². The highest BCUT2D eigenvalue weighted by atomic mass is 35.5. The van der Waals surface area contributed by atoms with E-state index in [4.69, 9.17) is 11.6 Å². The van der Waals surface area contributed by atoms with Crippen molar-refractivity contribution in [2.45, 2.75) is 11.3 Å². The molecule has 1 amide bonds. The van der Waals surface area contributed by atoms with Gasteiger partial charge in [-0.25, -0.2) is 12.8 Å². The molecule has 0 atom stereocenters. The number of hydrogen-bond donors (Lipinski definition) is 2. The fourth-order valence-corrected chi connectivity index (χ4v) is 3.47. The Morgan fingerprint density at radius 1 is 1.18 bits per heavy atom. The van der Waals surface area contributed by atoms with Gasteiger partial charge in [0.2, 0.25) is 5.91 Å². The van der Waals surface area contributed by atoms with Gasteiger partial charge in [0.05, 0.1) is 16.3 Å². The van der Waals surface area contributed by atoms with E-state index in [2.05, 4.69) is 10.0 Å². The van der Waals surface area contributed by atoms with E-state index in [1.807, 2.05) is 0 Å². The zero-order valence-electron chi connectivity index (χ0n) is 11.1. The van der Waals surface area contributed by atoms with Gasteiger partial charge < -0.3 is 5.32 Å². The topological polar surface area (TPSA) is 75.3 Å². The number of anilines is 2. The second-order valence-electron chi connectivity index (χ2n) is 4.78. The predicted octanol–water partition coefficient (Wildman–Crippen LogP) is 2.77. The SMILES string of the molecule is O=C1Cc2cc(NS(=O)(=O)c3ccc(F)c(Cl)c3)ccc2N1. The van der Waals surface area contributed by atoms with E-state index in [0.717, 1.165) is 18.2 Å². The van der Waals surface area contributed by atoms with Crippen molar-refractivity contribution in [3.05, 3.63) is 52.8 Å². The van der Waals surface area contributed by atoms with Crippen LogP contribution in [0.4, 0.5) is 15.8 Å². The molecule has 0 saturated carbocycles. The van der Waals surface area contributed by atoms with Gasteiger partial charge in [-0.2, -0.15) is 0 Å². The fraction of sp³-hybridized carbons (Fsp3) is 0.0714. The summed E-state index contributed by atoms with van der Waals surface area (Å²) in [5.41, 5.74) is 1.69. The maximum Gasteiger partial charge on any atom is 0.261 e. The second-order valence-corrected chi connectivity index (χ2v) is 6.87. The number of amides is 1. The Kier molecular flexibility index (Phi) is 3.54. The van der Waals surface area contributed by atoms with Gasteiger partial charge in [0.25, 0.3) is 10.0 Å². The zero-order valence-corrected chi connectivity index (χ0v) is 12.6. The third-order valence-electron chi connectivity index (χ3n) is 3.18. The van der Waals surface area contributed by atoms with Gasteiger partial charge in [0.1, 0.15) is 5.82 Å². The summed E-state index contributed by atoms with van der Waals surface area (Å²) < 4.78 is 40.0. The van der Waals surface area contributed by atoms with Gasteiger partial charge in [-0.15, -0.1) is 0 Å². The van der Waals surface area contributed by atoms with Crippen LogP contribution in [-0.2, 0) is 21.2 Å². The van der Waals surface area contributed by atoms with Crippen molar-refractivity contribution in [2.75, 3.05) is 10.0 Å². The normalized spacial score (nSPS) is 13.6. The summed E-state index contributed by atoms with van der Waals surface area (Å²) in [6.45, 7) is 0. The minimum absolute atomic E-state index is 0.139. The van der Waals surface area contributed by atoms with Gasteiger partial charge in [0, 0.05) is 11.4 Å². The number of nitrogens with one attached hydrogen (secondary N) is 2. The predicted molar refractivity (Wildman–Crippen MR) is 81.0 cm³/mol. The molecule has 1 aliphatic heterocycles. The number of halogens is 2. The average Bonchev–Trinajstić information content (AvgIpc) is 2.80. The number of sulfonamides is 1. The largest absolute Gasteiger partial charge is 0.326 e. The monoisotopic (exact) mass is 340 g/mol. The van der Waals surface area contributed by atoms with Crippen molar-refractivity contribution in [2.24, 2.45) is 0 Å².